The molecule has 0 aromatic rings. The summed E-state index contributed by atoms with van der Waals surface area (Å²) in [5.74, 6) is 4.35. The van der Waals surface area contributed by atoms with Crippen LogP contribution in [0.3, 0.4) is 0 Å². The van der Waals surface area contributed by atoms with Crippen molar-refractivity contribution < 1.29 is 14.3 Å². The quantitative estimate of drug-likeness (QED) is 0.364. The summed E-state index contributed by atoms with van der Waals surface area (Å²) in [7, 11) is 0. The van der Waals surface area contributed by atoms with E-state index in [0.717, 1.165) is 12.2 Å². The molecule has 4 saturated carbocycles. The van der Waals surface area contributed by atoms with E-state index in [-0.39, 0.29) is 5.97 Å². The lowest BCUT2D eigenvalue weighted by Gasteiger charge is -2.49. The van der Waals surface area contributed by atoms with Gasteiger partial charge in [0.2, 0.25) is 6.08 Å². The minimum Gasteiger partial charge on any atom is -0.463 e. The van der Waals surface area contributed by atoms with Crippen LogP contribution in [0.5, 0.6) is 0 Å². The van der Waals surface area contributed by atoms with E-state index in [1.54, 1.807) is 45.4 Å². The van der Waals surface area contributed by atoms with Gasteiger partial charge in [0, 0.05) is 6.08 Å². The van der Waals surface area contributed by atoms with Gasteiger partial charge in [-0.3, -0.25) is 0 Å². The van der Waals surface area contributed by atoms with Crippen molar-refractivity contribution >= 4 is 12.0 Å². The molecule has 0 amide bonds. The second kappa shape index (κ2) is 8.70. The Hall–Kier alpha value is -1.41. The highest BCUT2D eigenvalue weighted by Crippen LogP contribution is 2.53. The molecule has 4 aliphatic rings. The molecular weight excluding hydrogens is 254 g/mol. The van der Waals surface area contributed by atoms with Crippen LogP contribution in [0.25, 0.3) is 0 Å². The highest BCUT2D eigenvalue weighted by Gasteiger charge is 2.41. The molecule has 20 heavy (non-hydrogen) atoms. The molecule has 112 valence electrons. The van der Waals surface area contributed by atoms with Crippen LogP contribution in [0.2, 0.25) is 0 Å². The molecule has 4 aliphatic carbocycles. The fraction of sp³-hybridized carbons (Fsp3) is 0.750. The van der Waals surface area contributed by atoms with Crippen LogP contribution in [0.4, 0.5) is 0 Å². The Morgan fingerprint density at radius 1 is 1.15 bits per heavy atom. The highest BCUT2D eigenvalue weighted by atomic mass is 16.5. The second-order valence-electron chi connectivity index (χ2n) is 5.94. The fourth-order valence-corrected chi connectivity index (χ4v) is 4.18. The Labute approximate surface area is 121 Å². The molecule has 0 aromatic carbocycles. The lowest BCUT2D eigenvalue weighted by molar-refractivity contribution is -0.137. The molecule has 0 heterocycles. The first-order valence-corrected chi connectivity index (χ1v) is 7.45. The van der Waals surface area contributed by atoms with Crippen molar-refractivity contribution in [2.45, 2.75) is 45.4 Å². The first kappa shape index (κ1) is 16.6. The molecule has 0 atom stereocenters. The number of ether oxygens (including phenoxy) is 1. The number of nitrogens with one attached hydrogen (secondary N) is 1. The number of hydrogen-bond acceptors (Lipinski definition) is 4. The largest absolute Gasteiger partial charge is 0.463 e. The van der Waals surface area contributed by atoms with Crippen LogP contribution in [-0.4, -0.2) is 18.7 Å². The lowest BCUT2D eigenvalue weighted by atomic mass is 9.56. The van der Waals surface area contributed by atoms with Crippen molar-refractivity contribution in [3.05, 3.63) is 12.7 Å². The molecule has 4 bridgehead atoms. The first-order chi connectivity index (χ1) is 9.62. The molecule has 0 saturated heterocycles. The fourth-order valence-electron chi connectivity index (χ4n) is 4.18. The summed E-state index contributed by atoms with van der Waals surface area (Å²) in [6, 6.07) is 0. The minimum absolute atomic E-state index is 0.359. The van der Waals surface area contributed by atoms with E-state index in [2.05, 4.69) is 11.3 Å². The molecule has 0 unspecified atom stereocenters. The van der Waals surface area contributed by atoms with E-state index in [1.807, 2.05) is 0 Å². The maximum atomic E-state index is 10.1. The van der Waals surface area contributed by atoms with Crippen LogP contribution in [0.1, 0.15) is 45.4 Å². The third-order valence-corrected chi connectivity index (χ3v) is 4.45. The van der Waals surface area contributed by atoms with Gasteiger partial charge in [0.15, 0.2) is 0 Å². The van der Waals surface area contributed by atoms with Gasteiger partial charge in [-0.05, 0) is 69.1 Å². The molecule has 0 radical (unpaired) electrons. The lowest BCUT2D eigenvalue weighted by Crippen LogP contribution is -2.38. The SMILES string of the molecule is C1C2CC3CC1CC(C2)C3.C=CC(=O)OCC.N=C=O. The van der Waals surface area contributed by atoms with Gasteiger partial charge < -0.3 is 4.74 Å². The summed E-state index contributed by atoms with van der Waals surface area (Å²) in [5.41, 5.74) is 0. The smallest absolute Gasteiger partial charge is 0.330 e. The van der Waals surface area contributed by atoms with Crippen molar-refractivity contribution in [2.75, 3.05) is 6.61 Å². The van der Waals surface area contributed by atoms with Crippen molar-refractivity contribution in [3.63, 3.8) is 0 Å². The van der Waals surface area contributed by atoms with E-state index in [9.17, 15) is 4.79 Å². The predicted molar refractivity (Wildman–Crippen MR) is 76.9 cm³/mol. The number of esters is 1. The summed E-state index contributed by atoms with van der Waals surface area (Å²) in [5, 5.41) is 5.40. The average molecular weight is 279 g/mol. The first-order valence-electron chi connectivity index (χ1n) is 7.45. The average Bonchev–Trinajstić information content (AvgIpc) is 2.39. The zero-order valence-corrected chi connectivity index (χ0v) is 12.3. The molecule has 0 aliphatic heterocycles. The summed E-state index contributed by atoms with van der Waals surface area (Å²) >= 11 is 0. The summed E-state index contributed by atoms with van der Waals surface area (Å²) < 4.78 is 4.43. The summed E-state index contributed by atoms with van der Waals surface area (Å²) in [4.78, 5) is 18.4. The Balaban J connectivity index is 0.000000178. The van der Waals surface area contributed by atoms with Gasteiger partial charge in [-0.25, -0.2) is 15.0 Å². The van der Waals surface area contributed by atoms with E-state index in [0.29, 0.717) is 6.61 Å². The Kier molecular flexibility index (Phi) is 7.24. The minimum atomic E-state index is -0.359. The van der Waals surface area contributed by atoms with Crippen LogP contribution < -0.4 is 0 Å². The van der Waals surface area contributed by atoms with Crippen LogP contribution >= 0.6 is 0 Å². The van der Waals surface area contributed by atoms with E-state index in [1.165, 1.54) is 23.7 Å². The van der Waals surface area contributed by atoms with Crippen molar-refractivity contribution in [1.29, 1.82) is 5.41 Å². The number of isocyanates is 1. The molecule has 4 nitrogen and oxygen atoms in total. The van der Waals surface area contributed by atoms with Crippen molar-refractivity contribution in [3.8, 4) is 0 Å². The van der Waals surface area contributed by atoms with Crippen molar-refractivity contribution in [2.24, 2.45) is 23.7 Å². The number of rotatable bonds is 2. The molecule has 4 rings (SSSR count). The van der Waals surface area contributed by atoms with Gasteiger partial charge in [-0.15, -0.1) is 0 Å². The Morgan fingerprint density at radius 3 is 1.60 bits per heavy atom. The van der Waals surface area contributed by atoms with Gasteiger partial charge in [0.25, 0.3) is 0 Å². The molecule has 4 heteroatoms. The van der Waals surface area contributed by atoms with Gasteiger partial charge in [0.05, 0.1) is 6.61 Å². The third kappa shape index (κ3) is 5.30. The molecule has 0 spiro atoms. The number of hydrogen-bond donors (Lipinski definition) is 1. The molecule has 0 aromatic heterocycles. The second-order valence-corrected chi connectivity index (χ2v) is 5.94. The monoisotopic (exact) mass is 279 g/mol. The Morgan fingerprint density at radius 2 is 1.45 bits per heavy atom. The highest BCUT2D eigenvalue weighted by molar-refractivity contribution is 5.81. The zero-order valence-electron chi connectivity index (χ0n) is 12.3. The topological polar surface area (TPSA) is 67.2 Å². The molecule has 4 fully saturated rings. The maximum Gasteiger partial charge on any atom is 0.330 e. The normalized spacial score (nSPS) is 31.9. The van der Waals surface area contributed by atoms with Gasteiger partial charge >= 0.3 is 5.97 Å². The summed E-state index contributed by atoms with van der Waals surface area (Å²) in [6.45, 7) is 5.38. The standard InChI is InChI=1S/C10H16.C5H8O2.CHNO/c1-7-2-9-4-8(1)5-10(3-7)6-9;1-3-5(6)7-4-2;2-1-3/h7-10H,1-6H2;3H,1,4H2,2H3;2H. The third-order valence-electron chi connectivity index (χ3n) is 4.45. The Bertz CT molecular complexity index is 302. The number of carbonyl (C=O) groups is 1. The van der Waals surface area contributed by atoms with E-state index in [4.69, 9.17) is 10.2 Å². The maximum absolute atomic E-state index is 10.1. The van der Waals surface area contributed by atoms with Gasteiger partial charge in [-0.2, -0.15) is 0 Å². The van der Waals surface area contributed by atoms with Crippen LogP contribution in [0.15, 0.2) is 12.7 Å². The van der Waals surface area contributed by atoms with Crippen LogP contribution in [-0.2, 0) is 14.3 Å². The van der Waals surface area contributed by atoms with E-state index >= 15 is 0 Å². The van der Waals surface area contributed by atoms with Crippen molar-refractivity contribution in [1.82, 2.24) is 0 Å². The van der Waals surface area contributed by atoms with Gasteiger partial charge in [-0.1, -0.05) is 6.58 Å². The van der Waals surface area contributed by atoms with E-state index < -0.39 is 0 Å². The number of carbonyl (C=O) groups excluding carboxylic acids is 2. The molecule has 1 N–H and O–H groups in total. The van der Waals surface area contributed by atoms with Gasteiger partial charge in [0.1, 0.15) is 0 Å². The zero-order chi connectivity index (χ0) is 15.0. The van der Waals surface area contributed by atoms with Crippen LogP contribution in [0, 0.1) is 29.1 Å². The summed E-state index contributed by atoms with van der Waals surface area (Å²) in [6.07, 6.45) is 11.5. The molecular formula is C16H25NO3. The predicted octanol–water partition coefficient (Wildman–Crippen LogP) is 3.47.